The molecule has 0 heterocycles. The molecular formula is C18H26F3NO5S. The van der Waals surface area contributed by atoms with Crippen molar-refractivity contribution in [2.45, 2.75) is 58.4 Å². The number of carbonyl (C=O) groups excluding carboxylic acids is 1. The van der Waals surface area contributed by atoms with Crippen molar-refractivity contribution in [2.75, 3.05) is 5.75 Å². The predicted molar refractivity (Wildman–Crippen MR) is 98.7 cm³/mol. The molecule has 1 amide bonds. The fourth-order valence-electron chi connectivity index (χ4n) is 2.34. The van der Waals surface area contributed by atoms with Crippen molar-refractivity contribution in [3.05, 3.63) is 29.8 Å². The van der Waals surface area contributed by atoms with E-state index >= 15 is 0 Å². The highest BCUT2D eigenvalue weighted by atomic mass is 32.2. The molecule has 0 bridgehead atoms. The standard InChI is InChI=1S/C18H26F3NO5S/c1-11(2)16(22-17(23)26-12(3)4)10-28(24,25)13(5)14-6-8-15(9-7-14)27-18(19,20)21/h6-9,11-13,16H,10H2,1-5H3,(H,22,23). The van der Waals surface area contributed by atoms with E-state index in [1.807, 2.05) is 0 Å². The summed E-state index contributed by atoms with van der Waals surface area (Å²) in [5, 5.41) is 1.58. The second kappa shape index (κ2) is 9.49. The molecule has 10 heteroatoms. The van der Waals surface area contributed by atoms with Crippen molar-refractivity contribution in [2.24, 2.45) is 5.92 Å². The van der Waals surface area contributed by atoms with Crippen LogP contribution in [-0.4, -0.2) is 38.8 Å². The third-order valence-corrected chi connectivity index (χ3v) is 6.16. The van der Waals surface area contributed by atoms with E-state index in [2.05, 4.69) is 10.1 Å². The Bertz CT molecular complexity index is 745. The summed E-state index contributed by atoms with van der Waals surface area (Å²) in [7, 11) is -3.71. The quantitative estimate of drug-likeness (QED) is 0.674. The van der Waals surface area contributed by atoms with Crippen LogP contribution >= 0.6 is 0 Å². The number of amides is 1. The fourth-order valence-corrected chi connectivity index (χ4v) is 4.17. The summed E-state index contributed by atoms with van der Waals surface area (Å²) in [4.78, 5) is 11.8. The van der Waals surface area contributed by atoms with Crippen molar-refractivity contribution >= 4 is 15.9 Å². The number of hydrogen-bond acceptors (Lipinski definition) is 5. The van der Waals surface area contributed by atoms with Crippen molar-refractivity contribution in [3.8, 4) is 5.75 Å². The van der Waals surface area contributed by atoms with E-state index in [9.17, 15) is 26.4 Å². The second-order valence-corrected chi connectivity index (χ2v) is 9.40. The van der Waals surface area contributed by atoms with Gasteiger partial charge in [0.1, 0.15) is 5.75 Å². The lowest BCUT2D eigenvalue weighted by atomic mass is 10.1. The first-order valence-electron chi connectivity index (χ1n) is 8.75. The highest BCUT2D eigenvalue weighted by molar-refractivity contribution is 7.91. The van der Waals surface area contributed by atoms with Crippen molar-refractivity contribution in [1.29, 1.82) is 0 Å². The van der Waals surface area contributed by atoms with E-state index in [0.717, 1.165) is 12.1 Å². The number of ether oxygens (including phenoxy) is 2. The minimum atomic E-state index is -4.82. The molecule has 0 aliphatic heterocycles. The van der Waals surface area contributed by atoms with Gasteiger partial charge in [0.25, 0.3) is 0 Å². The Kier molecular flexibility index (Phi) is 8.16. The second-order valence-electron chi connectivity index (χ2n) is 7.04. The van der Waals surface area contributed by atoms with Gasteiger partial charge < -0.3 is 14.8 Å². The Hall–Kier alpha value is -1.97. The average molecular weight is 425 g/mol. The lowest BCUT2D eigenvalue weighted by Crippen LogP contribution is -2.44. The van der Waals surface area contributed by atoms with Crippen LogP contribution in [0.25, 0.3) is 0 Å². The van der Waals surface area contributed by atoms with Gasteiger partial charge in [0, 0.05) is 6.04 Å². The molecule has 28 heavy (non-hydrogen) atoms. The summed E-state index contributed by atoms with van der Waals surface area (Å²) in [5.74, 6) is -0.942. The van der Waals surface area contributed by atoms with Crippen LogP contribution in [0.3, 0.4) is 0 Å². The van der Waals surface area contributed by atoms with E-state index in [-0.39, 0.29) is 17.8 Å². The Labute approximate surface area is 163 Å². The largest absolute Gasteiger partial charge is 0.573 e. The maximum absolute atomic E-state index is 12.8. The first kappa shape index (κ1) is 24.1. The van der Waals surface area contributed by atoms with Gasteiger partial charge in [0.2, 0.25) is 0 Å². The van der Waals surface area contributed by atoms with Gasteiger partial charge in [-0.15, -0.1) is 13.2 Å². The van der Waals surface area contributed by atoms with Crippen LogP contribution in [0.4, 0.5) is 18.0 Å². The number of nitrogens with one attached hydrogen (secondary N) is 1. The number of halogens is 3. The molecule has 1 rings (SSSR count). The molecule has 0 aliphatic rings. The van der Waals surface area contributed by atoms with Gasteiger partial charge >= 0.3 is 12.5 Å². The van der Waals surface area contributed by atoms with E-state index in [0.29, 0.717) is 5.56 Å². The summed E-state index contributed by atoms with van der Waals surface area (Å²) in [6.45, 7) is 8.33. The number of carbonyl (C=O) groups is 1. The van der Waals surface area contributed by atoms with Gasteiger partial charge in [-0.2, -0.15) is 0 Å². The number of sulfone groups is 1. The fraction of sp³-hybridized carbons (Fsp3) is 0.611. The van der Waals surface area contributed by atoms with Gasteiger partial charge in [0.05, 0.1) is 17.1 Å². The minimum Gasteiger partial charge on any atom is -0.447 e. The van der Waals surface area contributed by atoms with Crippen LogP contribution < -0.4 is 10.1 Å². The third kappa shape index (κ3) is 7.95. The Morgan fingerprint density at radius 2 is 1.61 bits per heavy atom. The van der Waals surface area contributed by atoms with Gasteiger partial charge in [-0.25, -0.2) is 13.2 Å². The molecule has 0 saturated carbocycles. The van der Waals surface area contributed by atoms with E-state index in [1.54, 1.807) is 27.7 Å². The number of benzene rings is 1. The molecule has 2 atom stereocenters. The van der Waals surface area contributed by atoms with E-state index < -0.39 is 39.3 Å². The zero-order chi connectivity index (χ0) is 21.7. The van der Waals surface area contributed by atoms with Crippen LogP contribution in [-0.2, 0) is 14.6 Å². The monoisotopic (exact) mass is 425 g/mol. The third-order valence-electron chi connectivity index (χ3n) is 3.98. The Morgan fingerprint density at radius 3 is 2.04 bits per heavy atom. The van der Waals surface area contributed by atoms with Crippen LogP contribution in [0, 0.1) is 5.92 Å². The molecule has 2 unspecified atom stereocenters. The first-order valence-corrected chi connectivity index (χ1v) is 10.5. The van der Waals surface area contributed by atoms with Gasteiger partial charge in [0.15, 0.2) is 9.84 Å². The molecule has 0 fully saturated rings. The van der Waals surface area contributed by atoms with Crippen LogP contribution in [0.15, 0.2) is 24.3 Å². The van der Waals surface area contributed by atoms with E-state index in [1.165, 1.54) is 19.1 Å². The summed E-state index contributed by atoms with van der Waals surface area (Å²) in [6, 6.07) is 3.99. The zero-order valence-electron chi connectivity index (χ0n) is 16.4. The number of hydrogen-bond donors (Lipinski definition) is 1. The lowest BCUT2D eigenvalue weighted by Gasteiger charge is -2.24. The topological polar surface area (TPSA) is 81.7 Å². The summed E-state index contributed by atoms with van der Waals surface area (Å²) in [6.07, 6.45) is -5.87. The lowest BCUT2D eigenvalue weighted by molar-refractivity contribution is -0.274. The number of alkyl halides is 3. The molecule has 1 aromatic carbocycles. The average Bonchev–Trinajstić information content (AvgIpc) is 2.51. The predicted octanol–water partition coefficient (Wildman–Crippen LogP) is 4.22. The van der Waals surface area contributed by atoms with Crippen LogP contribution in [0.5, 0.6) is 5.75 Å². The molecule has 0 saturated heterocycles. The Morgan fingerprint density at radius 1 is 1.07 bits per heavy atom. The SMILES string of the molecule is CC(C)OC(=O)NC(CS(=O)(=O)C(C)c1ccc(OC(F)(F)F)cc1)C(C)C. The molecule has 0 aromatic heterocycles. The maximum atomic E-state index is 12.8. The maximum Gasteiger partial charge on any atom is 0.573 e. The van der Waals surface area contributed by atoms with Crippen molar-refractivity contribution in [3.63, 3.8) is 0 Å². The molecule has 6 nitrogen and oxygen atoms in total. The van der Waals surface area contributed by atoms with Crippen molar-refractivity contribution in [1.82, 2.24) is 5.32 Å². The molecule has 0 spiro atoms. The highest BCUT2D eigenvalue weighted by Crippen LogP contribution is 2.28. The van der Waals surface area contributed by atoms with E-state index in [4.69, 9.17) is 4.74 Å². The molecule has 0 aliphatic carbocycles. The summed E-state index contributed by atoms with van der Waals surface area (Å²) >= 11 is 0. The minimum absolute atomic E-state index is 0.177. The van der Waals surface area contributed by atoms with Gasteiger partial charge in [-0.05, 0) is 44.4 Å². The zero-order valence-corrected chi connectivity index (χ0v) is 17.2. The molecule has 160 valence electrons. The molecule has 1 N–H and O–H groups in total. The number of alkyl carbamates (subject to hydrolysis) is 1. The molecular weight excluding hydrogens is 399 g/mol. The molecule has 1 aromatic rings. The normalized spacial score (nSPS) is 14.6. The number of rotatable bonds is 8. The summed E-state index contributed by atoms with van der Waals surface area (Å²) in [5.41, 5.74) is 0.321. The Balaban J connectivity index is 2.89. The van der Waals surface area contributed by atoms with Gasteiger partial charge in [-0.1, -0.05) is 26.0 Å². The van der Waals surface area contributed by atoms with Crippen molar-refractivity contribution < 1.29 is 35.9 Å². The van der Waals surface area contributed by atoms with Gasteiger partial charge in [-0.3, -0.25) is 0 Å². The molecule has 0 radical (unpaired) electrons. The van der Waals surface area contributed by atoms with Crippen LogP contribution in [0.1, 0.15) is 45.4 Å². The highest BCUT2D eigenvalue weighted by Gasteiger charge is 2.32. The smallest absolute Gasteiger partial charge is 0.447 e. The summed E-state index contributed by atoms with van der Waals surface area (Å²) < 4.78 is 71.0. The first-order chi connectivity index (χ1) is 12.7. The van der Waals surface area contributed by atoms with Crippen LogP contribution in [0.2, 0.25) is 0 Å².